The average molecular weight is 259 g/mol. The van der Waals surface area contributed by atoms with E-state index >= 15 is 0 Å². The minimum Gasteiger partial charge on any atom is -0.451 e. The standard InChI is InChI=1S/C14H13NO4/c16-9-5-6-15(8-9)14(18)13-7-11(17)10-3-1-2-4-12(10)19-13/h1-4,7,9,16H,5-6,8H2/t9-/m0/s1. The molecule has 2 aromatic rings. The summed E-state index contributed by atoms with van der Waals surface area (Å²) >= 11 is 0. The van der Waals surface area contributed by atoms with E-state index < -0.39 is 6.10 Å². The molecule has 0 bridgehead atoms. The lowest BCUT2D eigenvalue weighted by atomic mass is 10.2. The SMILES string of the molecule is O=C(c1cc(=O)c2ccccc2o1)N1CC[C@H](O)C1. The van der Waals surface area contributed by atoms with Crippen molar-refractivity contribution in [3.8, 4) is 0 Å². The molecule has 2 heterocycles. The second-order valence-electron chi connectivity index (χ2n) is 4.66. The third kappa shape index (κ3) is 2.13. The van der Waals surface area contributed by atoms with Crippen LogP contribution in [0.25, 0.3) is 11.0 Å². The van der Waals surface area contributed by atoms with Gasteiger partial charge in [-0.2, -0.15) is 0 Å². The number of hydrogen-bond acceptors (Lipinski definition) is 4. The third-order valence-electron chi connectivity index (χ3n) is 3.30. The van der Waals surface area contributed by atoms with Crippen molar-refractivity contribution in [3.63, 3.8) is 0 Å². The van der Waals surface area contributed by atoms with E-state index in [0.717, 1.165) is 0 Å². The molecule has 0 radical (unpaired) electrons. The molecule has 1 N–H and O–H groups in total. The fraction of sp³-hybridized carbons (Fsp3) is 0.286. The Morgan fingerprint density at radius 2 is 2.16 bits per heavy atom. The molecule has 1 aliphatic rings. The summed E-state index contributed by atoms with van der Waals surface area (Å²) in [7, 11) is 0. The second kappa shape index (κ2) is 4.51. The van der Waals surface area contributed by atoms with E-state index in [4.69, 9.17) is 4.42 Å². The first-order valence-electron chi connectivity index (χ1n) is 6.15. The Morgan fingerprint density at radius 3 is 2.89 bits per heavy atom. The summed E-state index contributed by atoms with van der Waals surface area (Å²) < 4.78 is 5.48. The largest absolute Gasteiger partial charge is 0.451 e. The van der Waals surface area contributed by atoms with Crippen LogP contribution in [0.2, 0.25) is 0 Å². The predicted molar refractivity (Wildman–Crippen MR) is 69.0 cm³/mol. The number of aliphatic hydroxyl groups is 1. The molecule has 1 aromatic heterocycles. The van der Waals surface area contributed by atoms with E-state index in [1.54, 1.807) is 24.3 Å². The zero-order valence-electron chi connectivity index (χ0n) is 10.2. The number of likely N-dealkylation sites (tertiary alicyclic amines) is 1. The molecule has 0 aliphatic carbocycles. The van der Waals surface area contributed by atoms with Crippen LogP contribution in [-0.4, -0.2) is 35.1 Å². The van der Waals surface area contributed by atoms with E-state index in [9.17, 15) is 14.7 Å². The number of carbonyl (C=O) groups is 1. The van der Waals surface area contributed by atoms with Crippen LogP contribution in [0.3, 0.4) is 0 Å². The number of fused-ring (bicyclic) bond motifs is 1. The van der Waals surface area contributed by atoms with Crippen LogP contribution < -0.4 is 5.43 Å². The van der Waals surface area contributed by atoms with Gasteiger partial charge in [0.05, 0.1) is 11.5 Å². The van der Waals surface area contributed by atoms with Crippen molar-refractivity contribution in [1.82, 2.24) is 4.90 Å². The van der Waals surface area contributed by atoms with E-state index in [0.29, 0.717) is 23.9 Å². The quantitative estimate of drug-likeness (QED) is 0.829. The van der Waals surface area contributed by atoms with Gasteiger partial charge in [-0.1, -0.05) is 12.1 Å². The zero-order chi connectivity index (χ0) is 13.4. The smallest absolute Gasteiger partial charge is 0.289 e. The maximum Gasteiger partial charge on any atom is 0.289 e. The molecule has 19 heavy (non-hydrogen) atoms. The highest BCUT2D eigenvalue weighted by Crippen LogP contribution is 2.16. The fourth-order valence-electron chi connectivity index (χ4n) is 2.29. The maximum atomic E-state index is 12.2. The number of hydrogen-bond donors (Lipinski definition) is 1. The summed E-state index contributed by atoms with van der Waals surface area (Å²) in [4.78, 5) is 25.6. The summed E-state index contributed by atoms with van der Waals surface area (Å²) in [6.45, 7) is 0.770. The first-order chi connectivity index (χ1) is 9.15. The van der Waals surface area contributed by atoms with E-state index in [1.807, 2.05) is 0 Å². The van der Waals surface area contributed by atoms with Crippen LogP contribution in [0.4, 0.5) is 0 Å². The van der Waals surface area contributed by atoms with Crippen LogP contribution >= 0.6 is 0 Å². The minimum atomic E-state index is -0.490. The van der Waals surface area contributed by atoms with Gasteiger partial charge in [0.15, 0.2) is 11.2 Å². The van der Waals surface area contributed by atoms with Gasteiger partial charge in [-0.05, 0) is 18.6 Å². The molecule has 1 fully saturated rings. The van der Waals surface area contributed by atoms with Gasteiger partial charge in [-0.25, -0.2) is 0 Å². The maximum absolute atomic E-state index is 12.2. The number of rotatable bonds is 1. The fourth-order valence-corrected chi connectivity index (χ4v) is 2.29. The first-order valence-corrected chi connectivity index (χ1v) is 6.15. The Balaban J connectivity index is 2.01. The Bertz CT molecular complexity index is 691. The van der Waals surface area contributed by atoms with Gasteiger partial charge >= 0.3 is 0 Å². The number of amides is 1. The van der Waals surface area contributed by atoms with Crippen molar-refractivity contribution in [1.29, 1.82) is 0 Å². The summed E-state index contributed by atoms with van der Waals surface area (Å²) in [5, 5.41) is 9.89. The molecule has 98 valence electrons. The molecule has 1 atom stereocenters. The number of β-amino-alcohol motifs (C(OH)–C–C–N with tert-alkyl or cyclic N) is 1. The predicted octanol–water partition coefficient (Wildman–Crippen LogP) is 1.000. The Labute approximate surface area is 109 Å². The lowest BCUT2D eigenvalue weighted by Gasteiger charge is -2.14. The molecule has 0 unspecified atom stereocenters. The molecule has 0 spiro atoms. The molecule has 1 saturated heterocycles. The van der Waals surface area contributed by atoms with Gasteiger partial charge in [0.2, 0.25) is 0 Å². The van der Waals surface area contributed by atoms with Crippen molar-refractivity contribution < 1.29 is 14.3 Å². The van der Waals surface area contributed by atoms with E-state index in [1.165, 1.54) is 11.0 Å². The van der Waals surface area contributed by atoms with E-state index in [-0.39, 0.29) is 23.6 Å². The van der Waals surface area contributed by atoms with Crippen molar-refractivity contribution >= 4 is 16.9 Å². The molecule has 5 nitrogen and oxygen atoms in total. The lowest BCUT2D eigenvalue weighted by molar-refractivity contribution is 0.0734. The van der Waals surface area contributed by atoms with Crippen molar-refractivity contribution in [2.45, 2.75) is 12.5 Å². The number of carbonyl (C=O) groups excluding carboxylic acids is 1. The van der Waals surface area contributed by atoms with Gasteiger partial charge in [-0.15, -0.1) is 0 Å². The Kier molecular flexibility index (Phi) is 2.83. The normalized spacial score (nSPS) is 19.0. The molecular formula is C14H13NO4. The van der Waals surface area contributed by atoms with E-state index in [2.05, 4.69) is 0 Å². The molecule has 1 aliphatic heterocycles. The van der Waals surface area contributed by atoms with Crippen molar-refractivity contribution in [2.24, 2.45) is 0 Å². The monoisotopic (exact) mass is 259 g/mol. The topological polar surface area (TPSA) is 70.8 Å². The number of aliphatic hydroxyl groups excluding tert-OH is 1. The summed E-state index contributed by atoms with van der Waals surface area (Å²) in [5.74, 6) is -0.322. The molecular weight excluding hydrogens is 246 g/mol. The average Bonchev–Trinajstić information content (AvgIpc) is 2.84. The van der Waals surface area contributed by atoms with Gasteiger partial charge in [0.25, 0.3) is 5.91 Å². The summed E-state index contributed by atoms with van der Waals surface area (Å²) in [6.07, 6.45) is 0.0694. The highest BCUT2D eigenvalue weighted by molar-refractivity contribution is 5.93. The minimum absolute atomic E-state index is 0.0257. The molecule has 1 aromatic carbocycles. The van der Waals surface area contributed by atoms with Crippen LogP contribution in [0.15, 0.2) is 39.5 Å². The Morgan fingerprint density at radius 1 is 1.37 bits per heavy atom. The van der Waals surface area contributed by atoms with Gasteiger partial charge < -0.3 is 14.4 Å². The number of para-hydroxylation sites is 1. The first kappa shape index (κ1) is 11.9. The molecule has 5 heteroatoms. The summed E-state index contributed by atoms with van der Waals surface area (Å²) in [5.41, 5.74) is 0.169. The van der Waals surface area contributed by atoms with Gasteiger partial charge in [0.1, 0.15) is 5.58 Å². The van der Waals surface area contributed by atoms with Gasteiger partial charge in [-0.3, -0.25) is 9.59 Å². The van der Waals surface area contributed by atoms with Crippen LogP contribution in [-0.2, 0) is 0 Å². The number of benzene rings is 1. The molecule has 1 amide bonds. The highest BCUT2D eigenvalue weighted by Gasteiger charge is 2.27. The van der Waals surface area contributed by atoms with Crippen molar-refractivity contribution in [3.05, 3.63) is 46.3 Å². The van der Waals surface area contributed by atoms with Gasteiger partial charge in [0, 0.05) is 19.2 Å². The van der Waals surface area contributed by atoms with Crippen LogP contribution in [0.5, 0.6) is 0 Å². The number of nitrogens with zero attached hydrogens (tertiary/aromatic N) is 1. The highest BCUT2D eigenvalue weighted by atomic mass is 16.3. The van der Waals surface area contributed by atoms with Crippen LogP contribution in [0, 0.1) is 0 Å². The molecule has 0 saturated carbocycles. The second-order valence-corrected chi connectivity index (χ2v) is 4.66. The van der Waals surface area contributed by atoms with Crippen LogP contribution in [0.1, 0.15) is 17.0 Å². The zero-order valence-corrected chi connectivity index (χ0v) is 10.2. The Hall–Kier alpha value is -2.14. The molecule has 3 rings (SSSR count). The lowest BCUT2D eigenvalue weighted by Crippen LogP contribution is -2.30. The van der Waals surface area contributed by atoms with Crippen molar-refractivity contribution in [2.75, 3.05) is 13.1 Å². The third-order valence-corrected chi connectivity index (χ3v) is 3.30. The summed E-state index contributed by atoms with van der Waals surface area (Å²) in [6, 6.07) is 8.04.